The largest absolute Gasteiger partial charge is 0.493 e. The zero-order chi connectivity index (χ0) is 22.8. The van der Waals surface area contributed by atoms with E-state index in [9.17, 15) is 9.59 Å². The lowest BCUT2D eigenvalue weighted by atomic mass is 10.1. The Morgan fingerprint density at radius 3 is 2.52 bits per heavy atom. The average molecular weight is 508 g/mol. The predicted octanol–water partition coefficient (Wildman–Crippen LogP) is 3.90. The summed E-state index contributed by atoms with van der Waals surface area (Å²) in [5, 5.41) is 2.47. The Balaban J connectivity index is 1.80. The molecule has 0 saturated heterocycles. The first-order chi connectivity index (χ1) is 14.8. The molecule has 0 radical (unpaired) electrons. The van der Waals surface area contributed by atoms with E-state index in [1.54, 1.807) is 30.3 Å². The van der Waals surface area contributed by atoms with Gasteiger partial charge in [0.15, 0.2) is 11.7 Å². The molecule has 0 aliphatic heterocycles. The highest BCUT2D eigenvalue weighted by atomic mass is 79.9. The lowest BCUT2D eigenvalue weighted by Gasteiger charge is -2.14. The first-order valence-corrected chi connectivity index (χ1v) is 11.0. The van der Waals surface area contributed by atoms with Gasteiger partial charge in [-0.1, -0.05) is 41.9 Å². The van der Waals surface area contributed by atoms with Crippen molar-refractivity contribution in [2.45, 2.75) is 27.2 Å². The minimum atomic E-state index is -0.448. The third-order valence-electron chi connectivity index (χ3n) is 4.12. The van der Waals surface area contributed by atoms with Gasteiger partial charge in [-0.3, -0.25) is 25.8 Å². The third-order valence-corrected chi connectivity index (χ3v) is 4.82. The molecule has 2 rings (SSSR count). The van der Waals surface area contributed by atoms with Gasteiger partial charge in [-0.2, -0.15) is 0 Å². The Morgan fingerprint density at radius 2 is 1.81 bits per heavy atom. The van der Waals surface area contributed by atoms with Crippen molar-refractivity contribution < 1.29 is 19.1 Å². The number of hydrazine groups is 1. The fraction of sp³-hybridized carbons (Fsp3) is 0.318. The number of halogens is 1. The Labute approximate surface area is 196 Å². The zero-order valence-electron chi connectivity index (χ0n) is 17.7. The van der Waals surface area contributed by atoms with Gasteiger partial charge in [0.05, 0.1) is 12.2 Å². The number of amides is 2. The summed E-state index contributed by atoms with van der Waals surface area (Å²) in [5.74, 6) is 0.692. The molecule has 0 atom stereocenters. The molecule has 0 aromatic heterocycles. The maximum atomic E-state index is 12.5. The molecule has 0 aliphatic rings. The van der Waals surface area contributed by atoms with Crippen LogP contribution in [0.3, 0.4) is 0 Å². The van der Waals surface area contributed by atoms with Gasteiger partial charge in [0.1, 0.15) is 11.5 Å². The fourth-order valence-electron chi connectivity index (χ4n) is 2.47. The van der Waals surface area contributed by atoms with Crippen LogP contribution in [0.1, 0.15) is 36.2 Å². The van der Waals surface area contributed by atoms with Gasteiger partial charge in [-0.05, 0) is 67.4 Å². The van der Waals surface area contributed by atoms with Gasteiger partial charge in [-0.25, -0.2) is 0 Å². The van der Waals surface area contributed by atoms with Gasteiger partial charge in [0.25, 0.3) is 11.8 Å². The maximum absolute atomic E-state index is 12.5. The number of nitrogens with one attached hydrogen (secondary N) is 3. The number of carbonyl (C=O) groups excluding carboxylic acids is 2. The van der Waals surface area contributed by atoms with Gasteiger partial charge in [0.2, 0.25) is 0 Å². The van der Waals surface area contributed by atoms with Crippen molar-refractivity contribution in [1.82, 2.24) is 16.2 Å². The van der Waals surface area contributed by atoms with Crippen LogP contribution in [0.15, 0.2) is 46.9 Å². The summed E-state index contributed by atoms with van der Waals surface area (Å²) in [4.78, 5) is 24.5. The molecule has 0 aliphatic carbocycles. The Kier molecular flexibility index (Phi) is 9.74. The van der Waals surface area contributed by atoms with Crippen molar-refractivity contribution in [3.05, 3.63) is 58.1 Å². The van der Waals surface area contributed by atoms with Crippen molar-refractivity contribution >= 4 is 45.1 Å². The number of carbonyl (C=O) groups is 2. The molecule has 0 saturated carbocycles. The summed E-state index contributed by atoms with van der Waals surface area (Å²) in [6.07, 6.45) is 0.879. The summed E-state index contributed by atoms with van der Waals surface area (Å²) >= 11 is 8.46. The molecule has 31 heavy (non-hydrogen) atoms. The van der Waals surface area contributed by atoms with Crippen molar-refractivity contribution in [3.63, 3.8) is 0 Å². The molecule has 7 nitrogen and oxygen atoms in total. The number of aryl methyl sites for hydroxylation is 1. The van der Waals surface area contributed by atoms with E-state index >= 15 is 0 Å². The number of hydrogen-bond donors (Lipinski definition) is 3. The Hall–Kier alpha value is -2.65. The van der Waals surface area contributed by atoms with Crippen molar-refractivity contribution in [3.8, 4) is 11.5 Å². The van der Waals surface area contributed by atoms with Crippen LogP contribution in [0, 0.1) is 12.8 Å². The molecule has 2 amide bonds. The van der Waals surface area contributed by atoms with Gasteiger partial charge >= 0.3 is 0 Å². The van der Waals surface area contributed by atoms with E-state index in [2.05, 4.69) is 45.9 Å². The summed E-state index contributed by atoms with van der Waals surface area (Å²) < 4.78 is 12.1. The van der Waals surface area contributed by atoms with Gasteiger partial charge in [-0.15, -0.1) is 0 Å². The summed E-state index contributed by atoms with van der Waals surface area (Å²) in [6.45, 7) is 6.39. The monoisotopic (exact) mass is 507 g/mol. The second-order valence-corrected chi connectivity index (χ2v) is 8.51. The minimum absolute atomic E-state index is 0.0462. The predicted molar refractivity (Wildman–Crippen MR) is 127 cm³/mol. The zero-order valence-corrected chi connectivity index (χ0v) is 20.1. The molecule has 2 aromatic rings. The number of para-hydroxylation sites is 1. The molecule has 0 spiro atoms. The Morgan fingerprint density at radius 1 is 1.06 bits per heavy atom. The van der Waals surface area contributed by atoms with Crippen LogP contribution in [-0.2, 0) is 4.79 Å². The van der Waals surface area contributed by atoms with Crippen molar-refractivity contribution in [1.29, 1.82) is 0 Å². The van der Waals surface area contributed by atoms with Gasteiger partial charge < -0.3 is 9.47 Å². The van der Waals surface area contributed by atoms with Crippen LogP contribution in [0.25, 0.3) is 0 Å². The third kappa shape index (κ3) is 8.55. The van der Waals surface area contributed by atoms with E-state index in [-0.39, 0.29) is 11.7 Å². The lowest BCUT2D eigenvalue weighted by Crippen LogP contribution is -2.49. The van der Waals surface area contributed by atoms with E-state index < -0.39 is 11.8 Å². The molecule has 3 N–H and O–H groups in total. The maximum Gasteiger partial charge on any atom is 0.276 e. The van der Waals surface area contributed by atoms with Gasteiger partial charge in [0, 0.05) is 4.47 Å². The minimum Gasteiger partial charge on any atom is -0.493 e. The molecule has 0 unspecified atom stereocenters. The number of benzene rings is 2. The number of hydrogen-bond acceptors (Lipinski definition) is 5. The normalized spacial score (nSPS) is 10.4. The summed E-state index contributed by atoms with van der Waals surface area (Å²) in [5.41, 5.74) is 6.14. The number of ether oxygens (including phenoxy) is 2. The highest BCUT2D eigenvalue weighted by Crippen LogP contribution is 2.22. The lowest BCUT2D eigenvalue weighted by molar-refractivity contribution is -0.123. The molecule has 166 valence electrons. The van der Waals surface area contributed by atoms with E-state index in [0.717, 1.165) is 16.5 Å². The quantitative estimate of drug-likeness (QED) is 0.371. The van der Waals surface area contributed by atoms with E-state index in [1.807, 2.05) is 19.1 Å². The SMILES string of the molecule is Cc1cc(Br)ccc1OCC(=O)NNC(=S)NC(=O)c1ccccc1OCCC(C)C. The summed E-state index contributed by atoms with van der Waals surface area (Å²) in [6, 6.07) is 12.4. The molecule has 0 bridgehead atoms. The van der Waals surface area contributed by atoms with Crippen LogP contribution < -0.4 is 25.6 Å². The fourth-order valence-corrected chi connectivity index (χ4v) is 3.09. The van der Waals surface area contributed by atoms with E-state index in [4.69, 9.17) is 21.7 Å². The van der Waals surface area contributed by atoms with Crippen LogP contribution >= 0.6 is 28.1 Å². The standard InChI is InChI=1S/C22H26BrN3O4S/c1-14(2)10-11-29-19-7-5-4-6-17(19)21(28)24-22(31)26-25-20(27)13-30-18-9-8-16(23)12-15(18)3/h4-9,12,14H,10-11,13H2,1-3H3,(H,25,27)(H2,24,26,28,31). The van der Waals surface area contributed by atoms with Crippen molar-refractivity contribution in [2.24, 2.45) is 5.92 Å². The molecular weight excluding hydrogens is 482 g/mol. The molecule has 0 fully saturated rings. The van der Waals surface area contributed by atoms with Crippen LogP contribution in [-0.4, -0.2) is 30.1 Å². The number of rotatable bonds is 8. The highest BCUT2D eigenvalue weighted by Gasteiger charge is 2.14. The summed E-state index contributed by atoms with van der Waals surface area (Å²) in [7, 11) is 0. The molecule has 2 aromatic carbocycles. The molecule has 9 heteroatoms. The topological polar surface area (TPSA) is 88.7 Å². The second-order valence-electron chi connectivity index (χ2n) is 7.18. The molecule has 0 heterocycles. The Bertz CT molecular complexity index is 937. The van der Waals surface area contributed by atoms with Crippen molar-refractivity contribution in [2.75, 3.05) is 13.2 Å². The average Bonchev–Trinajstić information content (AvgIpc) is 2.71. The first kappa shape index (κ1) is 24.6. The van der Waals surface area contributed by atoms with Crippen LogP contribution in [0.4, 0.5) is 0 Å². The highest BCUT2D eigenvalue weighted by molar-refractivity contribution is 9.10. The van der Waals surface area contributed by atoms with E-state index in [1.165, 1.54) is 0 Å². The van der Waals surface area contributed by atoms with E-state index in [0.29, 0.717) is 29.6 Å². The van der Waals surface area contributed by atoms with Crippen LogP contribution in [0.2, 0.25) is 0 Å². The van der Waals surface area contributed by atoms with Crippen LogP contribution in [0.5, 0.6) is 11.5 Å². The second kappa shape index (κ2) is 12.3. The molecular formula is C22H26BrN3O4S. The first-order valence-electron chi connectivity index (χ1n) is 9.77. The number of thiocarbonyl (C=S) groups is 1. The smallest absolute Gasteiger partial charge is 0.276 e.